The fraction of sp³-hybridized carbons (Fsp3) is 0.120. The lowest BCUT2D eigenvalue weighted by molar-refractivity contribution is 0.413. The fourth-order valence-electron chi connectivity index (χ4n) is 3.77. The molecule has 0 unspecified atom stereocenters. The number of pyridine rings is 1. The van der Waals surface area contributed by atoms with Crippen LogP contribution in [0.4, 0.5) is 11.4 Å². The van der Waals surface area contributed by atoms with Gasteiger partial charge < -0.3 is 23.8 Å². The number of rotatable bonds is 6. The van der Waals surface area contributed by atoms with Gasteiger partial charge in [-0.15, -0.1) is 0 Å². The van der Waals surface area contributed by atoms with E-state index in [1.165, 1.54) is 0 Å². The third-order valence-corrected chi connectivity index (χ3v) is 5.31. The SMILES string of the molecule is COc1ccccc1-c1cn2cccc(Nc3ccc(-n4cnc(C)c4)c(OC)c3)c2n1. The largest absolute Gasteiger partial charge is 0.496 e. The van der Waals surface area contributed by atoms with E-state index in [0.717, 1.165) is 51.2 Å². The van der Waals surface area contributed by atoms with Crippen LogP contribution in [0.2, 0.25) is 0 Å². The summed E-state index contributed by atoms with van der Waals surface area (Å²) in [4.78, 5) is 9.18. The normalized spacial score (nSPS) is 11.0. The third kappa shape index (κ3) is 3.54. The average Bonchev–Trinajstić information content (AvgIpc) is 3.46. The van der Waals surface area contributed by atoms with Crippen molar-refractivity contribution in [2.45, 2.75) is 6.92 Å². The van der Waals surface area contributed by atoms with Crippen molar-refractivity contribution in [1.82, 2.24) is 18.9 Å². The van der Waals surface area contributed by atoms with Crippen LogP contribution in [0.5, 0.6) is 11.5 Å². The smallest absolute Gasteiger partial charge is 0.161 e. The molecule has 1 N–H and O–H groups in total. The lowest BCUT2D eigenvalue weighted by Crippen LogP contribution is -1.99. The molecule has 0 spiro atoms. The van der Waals surface area contributed by atoms with E-state index < -0.39 is 0 Å². The molecule has 3 aromatic heterocycles. The van der Waals surface area contributed by atoms with Crippen LogP contribution < -0.4 is 14.8 Å². The quantitative estimate of drug-likeness (QED) is 0.402. The molecule has 160 valence electrons. The first kappa shape index (κ1) is 19.7. The number of hydrogen-bond acceptors (Lipinski definition) is 5. The summed E-state index contributed by atoms with van der Waals surface area (Å²) in [6.45, 7) is 1.96. The van der Waals surface area contributed by atoms with Gasteiger partial charge >= 0.3 is 0 Å². The van der Waals surface area contributed by atoms with Gasteiger partial charge in [0.05, 0.1) is 43.3 Å². The van der Waals surface area contributed by atoms with Crippen LogP contribution >= 0.6 is 0 Å². The van der Waals surface area contributed by atoms with Crippen molar-refractivity contribution >= 4 is 17.0 Å². The standard InChI is InChI=1S/C25H23N5O2/c1-17-14-30(16-26-17)22-11-10-18(13-24(22)32-3)27-20-8-6-12-29-15-21(28-25(20)29)19-7-4-5-9-23(19)31-2/h4-16,27H,1-3H3. The van der Waals surface area contributed by atoms with Crippen molar-refractivity contribution < 1.29 is 9.47 Å². The highest BCUT2D eigenvalue weighted by Gasteiger charge is 2.13. The predicted octanol–water partition coefficient (Wildman–Crippen LogP) is 5.26. The second kappa shape index (κ2) is 8.11. The van der Waals surface area contributed by atoms with E-state index in [9.17, 15) is 0 Å². The Balaban J connectivity index is 1.51. The predicted molar refractivity (Wildman–Crippen MR) is 125 cm³/mol. The Kier molecular flexibility index (Phi) is 4.99. The van der Waals surface area contributed by atoms with E-state index in [0.29, 0.717) is 0 Å². The van der Waals surface area contributed by atoms with Crippen molar-refractivity contribution in [1.29, 1.82) is 0 Å². The van der Waals surface area contributed by atoms with Crippen molar-refractivity contribution in [3.8, 4) is 28.4 Å². The molecule has 0 aliphatic carbocycles. The van der Waals surface area contributed by atoms with Crippen LogP contribution in [0.15, 0.2) is 79.5 Å². The Morgan fingerprint density at radius 1 is 0.906 bits per heavy atom. The molecule has 0 saturated heterocycles. The molecule has 0 fully saturated rings. The van der Waals surface area contributed by atoms with Gasteiger partial charge in [0, 0.05) is 35.9 Å². The van der Waals surface area contributed by atoms with E-state index in [2.05, 4.69) is 10.3 Å². The third-order valence-electron chi connectivity index (χ3n) is 5.31. The first-order chi connectivity index (χ1) is 15.7. The van der Waals surface area contributed by atoms with Crippen LogP contribution in [0, 0.1) is 6.92 Å². The molecule has 5 aromatic rings. The molecule has 0 radical (unpaired) electrons. The van der Waals surface area contributed by atoms with E-state index in [1.807, 2.05) is 89.1 Å². The first-order valence-electron chi connectivity index (χ1n) is 10.2. The summed E-state index contributed by atoms with van der Waals surface area (Å²) >= 11 is 0. The second-order valence-electron chi connectivity index (χ2n) is 7.41. The van der Waals surface area contributed by atoms with E-state index in [4.69, 9.17) is 14.5 Å². The number of benzene rings is 2. The minimum atomic E-state index is 0.748. The van der Waals surface area contributed by atoms with E-state index >= 15 is 0 Å². The van der Waals surface area contributed by atoms with Gasteiger partial charge in [0.25, 0.3) is 0 Å². The molecule has 2 aromatic carbocycles. The monoisotopic (exact) mass is 425 g/mol. The number of fused-ring (bicyclic) bond motifs is 1. The molecule has 32 heavy (non-hydrogen) atoms. The van der Waals surface area contributed by atoms with Crippen LogP contribution in [-0.2, 0) is 0 Å². The highest BCUT2D eigenvalue weighted by molar-refractivity contribution is 5.78. The molecule has 0 aliphatic rings. The number of nitrogens with one attached hydrogen (secondary N) is 1. The van der Waals surface area contributed by atoms with Crippen molar-refractivity contribution in [2.24, 2.45) is 0 Å². The fourth-order valence-corrected chi connectivity index (χ4v) is 3.77. The zero-order chi connectivity index (χ0) is 22.1. The lowest BCUT2D eigenvalue weighted by atomic mass is 10.1. The Labute approximate surface area is 185 Å². The number of imidazole rings is 2. The van der Waals surface area contributed by atoms with Crippen LogP contribution in [0.1, 0.15) is 5.69 Å². The highest BCUT2D eigenvalue weighted by atomic mass is 16.5. The summed E-state index contributed by atoms with van der Waals surface area (Å²) in [5.74, 6) is 1.54. The van der Waals surface area contributed by atoms with Gasteiger partial charge in [-0.2, -0.15) is 0 Å². The molecule has 5 rings (SSSR count). The summed E-state index contributed by atoms with van der Waals surface area (Å²) in [6.07, 6.45) is 7.74. The van der Waals surface area contributed by atoms with Gasteiger partial charge in [0.1, 0.15) is 11.5 Å². The molecule has 0 amide bonds. The van der Waals surface area contributed by atoms with Gasteiger partial charge in [-0.3, -0.25) is 0 Å². The van der Waals surface area contributed by atoms with Crippen molar-refractivity contribution in [3.05, 3.63) is 85.2 Å². The number of methoxy groups -OCH3 is 2. The zero-order valence-corrected chi connectivity index (χ0v) is 18.1. The number of anilines is 2. The highest BCUT2D eigenvalue weighted by Crippen LogP contribution is 2.32. The molecule has 3 heterocycles. The minimum absolute atomic E-state index is 0.748. The topological polar surface area (TPSA) is 65.6 Å². The molecular formula is C25H23N5O2. The van der Waals surface area contributed by atoms with E-state index in [-0.39, 0.29) is 0 Å². The number of hydrogen-bond donors (Lipinski definition) is 1. The number of aromatic nitrogens is 4. The number of nitrogens with zero attached hydrogens (tertiary/aromatic N) is 4. The van der Waals surface area contributed by atoms with Gasteiger partial charge in [0.15, 0.2) is 5.65 Å². The zero-order valence-electron chi connectivity index (χ0n) is 18.1. The Morgan fingerprint density at radius 3 is 2.53 bits per heavy atom. The molecule has 0 bridgehead atoms. The van der Waals surface area contributed by atoms with Gasteiger partial charge in [-0.05, 0) is 43.3 Å². The molecular weight excluding hydrogens is 402 g/mol. The number of aryl methyl sites for hydroxylation is 1. The number of ether oxygens (including phenoxy) is 2. The van der Waals surface area contributed by atoms with Crippen LogP contribution in [-0.4, -0.2) is 33.2 Å². The molecule has 7 heteroatoms. The van der Waals surface area contributed by atoms with Gasteiger partial charge in [0.2, 0.25) is 0 Å². The Hall–Kier alpha value is -4.26. The summed E-state index contributed by atoms with van der Waals surface area (Å²) in [6, 6.07) is 17.9. The van der Waals surface area contributed by atoms with Gasteiger partial charge in [-0.1, -0.05) is 12.1 Å². The summed E-state index contributed by atoms with van der Waals surface area (Å²) in [5.41, 5.74) is 6.29. The summed E-state index contributed by atoms with van der Waals surface area (Å²) in [7, 11) is 3.34. The molecule has 0 atom stereocenters. The van der Waals surface area contributed by atoms with Crippen molar-refractivity contribution in [2.75, 3.05) is 19.5 Å². The maximum Gasteiger partial charge on any atom is 0.161 e. The minimum Gasteiger partial charge on any atom is -0.496 e. The average molecular weight is 425 g/mol. The Morgan fingerprint density at radius 2 is 1.75 bits per heavy atom. The summed E-state index contributed by atoms with van der Waals surface area (Å²) in [5, 5.41) is 3.48. The summed E-state index contributed by atoms with van der Waals surface area (Å²) < 4.78 is 15.1. The maximum atomic E-state index is 5.64. The number of para-hydroxylation sites is 1. The molecule has 7 nitrogen and oxygen atoms in total. The molecule has 0 aliphatic heterocycles. The van der Waals surface area contributed by atoms with Crippen LogP contribution in [0.3, 0.4) is 0 Å². The maximum absolute atomic E-state index is 5.64. The first-order valence-corrected chi connectivity index (χ1v) is 10.2. The van der Waals surface area contributed by atoms with Crippen LogP contribution in [0.25, 0.3) is 22.6 Å². The second-order valence-corrected chi connectivity index (χ2v) is 7.41. The van der Waals surface area contributed by atoms with Crippen molar-refractivity contribution in [3.63, 3.8) is 0 Å². The molecule has 0 saturated carbocycles. The lowest BCUT2D eigenvalue weighted by Gasteiger charge is -2.13. The van der Waals surface area contributed by atoms with Gasteiger partial charge in [-0.25, -0.2) is 9.97 Å². The Bertz CT molecular complexity index is 1400. The van der Waals surface area contributed by atoms with E-state index in [1.54, 1.807) is 20.5 Å².